The maximum absolute atomic E-state index is 7.52. The number of hydrogen-bond donors (Lipinski definition) is 0. The lowest BCUT2D eigenvalue weighted by Crippen LogP contribution is -2.69. The molecule has 22 nitrogen and oxygen atoms in total. The Balaban J connectivity index is 1.91. The number of fused-ring (bicyclic) bond motifs is 8. The van der Waals surface area contributed by atoms with Crippen molar-refractivity contribution in [3.05, 3.63) is 0 Å². The highest BCUT2D eigenvalue weighted by Crippen LogP contribution is 2.42. The van der Waals surface area contributed by atoms with Crippen LogP contribution in [0.1, 0.15) is 0 Å². The predicted molar refractivity (Wildman–Crippen MR) is 415 cm³/mol. The van der Waals surface area contributed by atoms with Crippen LogP contribution >= 0.6 is 0 Å². The molecular weight excluding hydrogens is 1430 g/mol. The standard InChI is InChI=1S/C62H136N4O18Si12/c1-85(2,3)73-47-43-37-63-41-64-38-44-48(74-86(4,5)6)53(79-91(19,20)21)57(83-95(31,32)33)61(69-44)72-62-58(84-96(34,35)36)54(80-92(22,23)24)50(76-88(10,11)12)46(70-62)40-66-42-65-39-45-49(75-87(7,8)9)52(78-90(16,17)18)56(82-94(28,29)30)60(68-45)71-59(67-43)55(81-93(25,26)27)51(47)77-89(13,14)15/h43-62H,37-40H2,1-36H3/t43-,44-,45-,46-,47-,48-,49-,50-,51+,52+,53+,54+,55-,56-,57-,58-,59-,60-,61-,62-/m1/s1. The summed E-state index contributed by atoms with van der Waals surface area (Å²) in [5, 5.41) is 0. The highest BCUT2D eigenvalue weighted by Gasteiger charge is 2.60. The Morgan fingerprint density at radius 1 is 0.188 bits per heavy atom. The molecule has 0 aliphatic carbocycles. The first-order valence-corrected chi connectivity index (χ1v) is 76.1. The highest BCUT2D eigenvalue weighted by atomic mass is 28.4. The second-order valence-electron chi connectivity index (χ2n) is 38.3. The molecule has 5 aliphatic rings. The summed E-state index contributed by atoms with van der Waals surface area (Å²) in [4.78, 5) is 20.0. The van der Waals surface area contributed by atoms with Gasteiger partial charge in [-0.05, 0) is 236 Å². The van der Waals surface area contributed by atoms with E-state index in [0.29, 0.717) is 0 Å². The molecule has 0 unspecified atom stereocenters. The molecule has 0 amide bonds. The Hall–Kier alpha value is 0.643. The van der Waals surface area contributed by atoms with Crippen LogP contribution < -0.4 is 0 Å². The predicted octanol–water partition coefficient (Wildman–Crippen LogP) is 13.9. The lowest BCUT2D eigenvalue weighted by Gasteiger charge is -2.53. The largest absolute Gasteiger partial charge is 0.409 e. The van der Waals surface area contributed by atoms with Crippen molar-refractivity contribution in [3.63, 3.8) is 0 Å². The molecule has 8 bridgehead atoms. The van der Waals surface area contributed by atoms with Crippen LogP contribution in [0.25, 0.3) is 0 Å². The summed E-state index contributed by atoms with van der Waals surface area (Å²) in [6.45, 7) is 78.6. The van der Waals surface area contributed by atoms with Crippen molar-refractivity contribution in [1.29, 1.82) is 0 Å². The van der Waals surface area contributed by atoms with Crippen LogP contribution in [0.2, 0.25) is 236 Å². The van der Waals surface area contributed by atoms with Crippen LogP contribution in [0.3, 0.4) is 0 Å². The van der Waals surface area contributed by atoms with Crippen molar-refractivity contribution in [2.75, 3.05) is 26.2 Å². The quantitative estimate of drug-likeness (QED) is 0.0821. The molecule has 0 radical (unpaired) electrons. The molecule has 0 saturated carbocycles. The molecule has 34 heteroatoms. The molecule has 0 aromatic carbocycles. The van der Waals surface area contributed by atoms with Crippen LogP contribution in [0.5, 0.6) is 0 Å². The van der Waals surface area contributed by atoms with E-state index in [2.05, 4.69) is 248 Å². The summed E-state index contributed by atoms with van der Waals surface area (Å²) in [7, 11) is -28.9. The van der Waals surface area contributed by atoms with Crippen LogP contribution in [-0.4, -0.2) is 261 Å². The maximum atomic E-state index is 7.52. The first kappa shape index (κ1) is 87.3. The summed E-state index contributed by atoms with van der Waals surface area (Å²) in [6, 6.07) is 6.25. The Bertz CT molecular complexity index is 2250. The van der Waals surface area contributed by atoms with E-state index in [1.807, 2.05) is 0 Å². The molecule has 0 N–H and O–H groups in total. The smallest absolute Gasteiger partial charge is 0.188 e. The zero-order valence-electron chi connectivity index (χ0n) is 66.5. The van der Waals surface area contributed by atoms with E-state index in [9.17, 15) is 0 Å². The second kappa shape index (κ2) is 33.2. The van der Waals surface area contributed by atoms with E-state index in [4.69, 9.17) is 102 Å². The summed E-state index contributed by atoms with van der Waals surface area (Å²) in [5.74, 6) is 0. The minimum absolute atomic E-state index is 0.0789. The average Bonchev–Trinajstić information content (AvgIpc) is 0.772. The van der Waals surface area contributed by atoms with E-state index in [1.54, 1.807) is 0 Å². The third kappa shape index (κ3) is 30.6. The summed E-state index contributed by atoms with van der Waals surface area (Å²) in [6.07, 6.45) is -15.4. The average molecular weight is 1560 g/mol. The molecule has 5 rings (SSSR count). The fraction of sp³-hybridized carbons (Fsp3) is 0.968. The zero-order valence-corrected chi connectivity index (χ0v) is 78.5. The third-order valence-corrected chi connectivity index (χ3v) is 25.9. The fourth-order valence-corrected chi connectivity index (χ4v) is 24.9. The van der Waals surface area contributed by atoms with Gasteiger partial charge in [0.25, 0.3) is 0 Å². The van der Waals surface area contributed by atoms with Gasteiger partial charge in [-0.1, -0.05) is 0 Å². The Kier molecular flexibility index (Phi) is 30.2. The van der Waals surface area contributed by atoms with Gasteiger partial charge in [0.1, 0.15) is 97.7 Å². The number of ether oxygens (including phenoxy) is 6. The van der Waals surface area contributed by atoms with Gasteiger partial charge in [-0.15, -0.1) is 0 Å². The SMILES string of the molecule is C[Si](C)(C)O[C@@H]1[C@@H](O[Si](C)(C)C)[C@H]2O[C@H]3O[C@H](CN=C=NC[C@H]4O[C@H](O[C@H]5O[C@H](CN=C=NC[C@@H](O2)[C@H]1O[Si](C)(C)C)[C@@H](O[Si](C)(C)C)[C@H](O[Si](C)(C)C)[C@H]5O[Si](C)(C)C)[C@H](O[Si](C)(C)C)[C@@H](O[Si](C)(C)C)[C@@H]4O[Si](C)(C)C)[C@@H](O[Si](C)(C)C)[C@H](O[Si](C)(C)C)[C@H]3O[Si](C)(C)C. The first-order chi connectivity index (χ1) is 43.0. The van der Waals surface area contributed by atoms with E-state index >= 15 is 0 Å². The van der Waals surface area contributed by atoms with Gasteiger partial charge in [0.05, 0.1) is 38.2 Å². The molecule has 4 fully saturated rings. The highest BCUT2D eigenvalue weighted by molar-refractivity contribution is 6.74. The lowest BCUT2D eigenvalue weighted by molar-refractivity contribution is -0.363. The monoisotopic (exact) mass is 1560 g/mol. The minimum Gasteiger partial charge on any atom is -0.409 e. The fourth-order valence-electron chi connectivity index (χ4n) is 11.9. The van der Waals surface area contributed by atoms with Gasteiger partial charge in [0, 0.05) is 0 Å². The molecule has 4 saturated heterocycles. The van der Waals surface area contributed by atoms with Crippen molar-refractivity contribution >= 4 is 112 Å². The molecule has 96 heavy (non-hydrogen) atoms. The molecular formula is C62H136N4O18Si12. The zero-order chi connectivity index (χ0) is 73.3. The molecule has 20 atom stereocenters. The molecule has 0 aromatic heterocycles. The Morgan fingerprint density at radius 3 is 0.448 bits per heavy atom. The first-order valence-electron chi connectivity index (χ1n) is 35.2. The Labute approximate surface area is 594 Å². The van der Waals surface area contributed by atoms with Gasteiger partial charge in [-0.3, -0.25) is 0 Å². The maximum Gasteiger partial charge on any atom is 0.188 e. The van der Waals surface area contributed by atoms with Gasteiger partial charge in [-0.2, -0.15) is 0 Å². The number of hydrogen-bond acceptors (Lipinski definition) is 22. The van der Waals surface area contributed by atoms with Crippen molar-refractivity contribution in [1.82, 2.24) is 0 Å². The molecule has 0 aromatic rings. The Morgan fingerprint density at radius 2 is 0.312 bits per heavy atom. The van der Waals surface area contributed by atoms with Gasteiger partial charge in [0.15, 0.2) is 125 Å². The normalized spacial score (nSPS) is 34.5. The summed E-state index contributed by atoms with van der Waals surface area (Å²) in [5.41, 5.74) is 0. The van der Waals surface area contributed by atoms with E-state index < -0.39 is 223 Å². The van der Waals surface area contributed by atoms with Crippen molar-refractivity contribution in [2.24, 2.45) is 20.0 Å². The van der Waals surface area contributed by atoms with Crippen molar-refractivity contribution in [3.8, 4) is 0 Å². The van der Waals surface area contributed by atoms with Crippen molar-refractivity contribution in [2.45, 2.75) is 359 Å². The molecule has 5 aliphatic heterocycles. The van der Waals surface area contributed by atoms with Gasteiger partial charge in [0.2, 0.25) is 0 Å². The summed E-state index contributed by atoms with van der Waals surface area (Å²) < 4.78 is 132. The third-order valence-electron chi connectivity index (χ3n) is 14.1. The number of aliphatic imine (C=N–C) groups is 4. The van der Waals surface area contributed by atoms with Crippen LogP contribution in [0.4, 0.5) is 0 Å². The number of rotatable bonds is 24. The number of nitrogens with zero attached hydrogens (tertiary/aromatic N) is 4. The molecule has 560 valence electrons. The van der Waals surface area contributed by atoms with Gasteiger partial charge < -0.3 is 81.5 Å². The minimum atomic E-state index is -2.44. The van der Waals surface area contributed by atoms with Crippen LogP contribution in [-0.2, 0) is 81.5 Å². The van der Waals surface area contributed by atoms with Crippen LogP contribution in [0, 0.1) is 0 Å². The van der Waals surface area contributed by atoms with E-state index in [0.717, 1.165) is 0 Å². The van der Waals surface area contributed by atoms with Crippen LogP contribution in [0.15, 0.2) is 20.0 Å². The molecule has 5 heterocycles. The molecule has 0 spiro atoms. The lowest BCUT2D eigenvalue weighted by atomic mass is 9.97. The van der Waals surface area contributed by atoms with Gasteiger partial charge >= 0.3 is 0 Å². The second-order valence-corrected chi connectivity index (χ2v) is 91.9. The summed E-state index contributed by atoms with van der Waals surface area (Å²) >= 11 is 0. The van der Waals surface area contributed by atoms with E-state index in [-0.39, 0.29) is 26.2 Å². The topological polar surface area (TPSA) is 216 Å². The van der Waals surface area contributed by atoms with Crippen molar-refractivity contribution < 1.29 is 81.5 Å². The van der Waals surface area contributed by atoms with E-state index in [1.165, 1.54) is 0 Å². The van der Waals surface area contributed by atoms with Gasteiger partial charge in [-0.25, -0.2) is 20.0 Å².